The summed E-state index contributed by atoms with van der Waals surface area (Å²) >= 11 is 0. The van der Waals surface area contributed by atoms with Gasteiger partial charge in [0.25, 0.3) is 0 Å². The molecule has 0 radical (unpaired) electrons. The van der Waals surface area contributed by atoms with Crippen LogP contribution in [0.1, 0.15) is 78.6 Å². The molecule has 51 heavy (non-hydrogen) atoms. The second-order valence-electron chi connectivity index (χ2n) is 14.8. The van der Waals surface area contributed by atoms with Crippen molar-refractivity contribution in [2.24, 2.45) is 28.6 Å². The molecule has 1 amide bonds. The zero-order valence-electron chi connectivity index (χ0n) is 29.0. The molecule has 11 atom stereocenters. The lowest BCUT2D eigenvalue weighted by Gasteiger charge is -2.62. The predicted octanol–water partition coefficient (Wildman–Crippen LogP) is 3.62. The molecule has 0 aromatic heterocycles. The average Bonchev–Trinajstić information content (AvgIpc) is 3.23. The molecule has 0 aliphatic heterocycles. The van der Waals surface area contributed by atoms with Crippen LogP contribution >= 0.6 is 15.6 Å². The Labute approximate surface area is 296 Å². The summed E-state index contributed by atoms with van der Waals surface area (Å²) in [6, 6.07) is 0. The molecule has 3 fully saturated rings. The second kappa shape index (κ2) is 15.0. The summed E-state index contributed by atoms with van der Waals surface area (Å²) in [5.41, 5.74) is -6.51. The Hall–Kier alpha value is -2.08. The number of ketones is 2. The van der Waals surface area contributed by atoms with Crippen LogP contribution in [0.3, 0.4) is 0 Å². The highest BCUT2D eigenvalue weighted by molar-refractivity contribution is 7.61. The van der Waals surface area contributed by atoms with E-state index < -0.39 is 86.5 Å². The molecule has 0 heterocycles. The zero-order valence-corrected chi connectivity index (χ0v) is 30.8. The molecule has 3 saturated carbocycles. The Kier molecular flexibility index (Phi) is 11.8. The summed E-state index contributed by atoms with van der Waals surface area (Å²) in [5.74, 6) is 1.94. The van der Waals surface area contributed by atoms with E-state index in [0.717, 1.165) is 25.7 Å². The van der Waals surface area contributed by atoms with E-state index in [1.165, 1.54) is 18.2 Å². The number of phosphoric acid groups is 2. The van der Waals surface area contributed by atoms with Gasteiger partial charge in [-0.1, -0.05) is 37.8 Å². The number of carbonyl (C=O) groups is 3. The van der Waals surface area contributed by atoms with Gasteiger partial charge in [0.05, 0.1) is 12.7 Å². The van der Waals surface area contributed by atoms with Crippen molar-refractivity contribution >= 4 is 33.1 Å². The van der Waals surface area contributed by atoms with Gasteiger partial charge in [-0.25, -0.2) is 13.5 Å². The summed E-state index contributed by atoms with van der Waals surface area (Å²) in [7, 11) is -10.7. The summed E-state index contributed by atoms with van der Waals surface area (Å²) in [6.07, 6.45) is 7.16. The van der Waals surface area contributed by atoms with Crippen LogP contribution in [0.5, 0.6) is 0 Å². The van der Waals surface area contributed by atoms with Gasteiger partial charge in [-0.15, -0.1) is 5.92 Å². The third-order valence-electron chi connectivity index (χ3n) is 11.8. The largest absolute Gasteiger partial charge is 0.481 e. The number of ether oxygens (including phenoxy) is 1. The summed E-state index contributed by atoms with van der Waals surface area (Å²) in [5, 5.41) is 25.9. The first-order valence-corrected chi connectivity index (χ1v) is 20.4. The van der Waals surface area contributed by atoms with Crippen molar-refractivity contribution in [2.75, 3.05) is 26.4 Å². The number of aliphatic hydroxyl groups excluding tert-OH is 1. The van der Waals surface area contributed by atoms with Crippen molar-refractivity contribution in [3.63, 3.8) is 0 Å². The Balaban J connectivity index is 1.15. The molecule has 17 heteroatoms. The molecule has 5 aliphatic rings. The lowest BCUT2D eigenvalue weighted by atomic mass is 9.44. The maximum absolute atomic E-state index is 17.4. The number of fused-ring (bicyclic) bond motifs is 5. The van der Waals surface area contributed by atoms with E-state index in [9.17, 15) is 43.5 Å². The fourth-order valence-electron chi connectivity index (χ4n) is 9.25. The Morgan fingerprint density at radius 1 is 1.08 bits per heavy atom. The van der Waals surface area contributed by atoms with Gasteiger partial charge in [-0.3, -0.25) is 23.4 Å². The second-order valence-corrected chi connectivity index (χ2v) is 17.8. The minimum Gasteiger partial charge on any atom is -0.390 e. The molecule has 0 aromatic rings. The SMILES string of the molecule is CC1CC2C3CCC4=CC(=O)C=CC4(C)C3(F)C(O)CC2(C)C1(O)C(=O)COP(=O)(O)OP(=O)(O)OCCNC(=O)COC1C#CCCCCC1. The van der Waals surface area contributed by atoms with Gasteiger partial charge < -0.3 is 30.1 Å². The van der Waals surface area contributed by atoms with Crippen molar-refractivity contribution in [1.29, 1.82) is 0 Å². The first-order valence-electron chi connectivity index (χ1n) is 17.4. The topological polar surface area (TPSA) is 215 Å². The molecule has 5 aliphatic carbocycles. The van der Waals surface area contributed by atoms with Gasteiger partial charge in [0, 0.05) is 29.7 Å². The number of phosphoric ester groups is 2. The van der Waals surface area contributed by atoms with Crippen LogP contribution in [0, 0.1) is 40.4 Å². The van der Waals surface area contributed by atoms with Gasteiger partial charge in [0.15, 0.2) is 17.2 Å². The number of allylic oxidation sites excluding steroid dienone is 4. The van der Waals surface area contributed by atoms with Gasteiger partial charge in [-0.05, 0) is 75.9 Å². The van der Waals surface area contributed by atoms with Crippen LogP contribution in [0.4, 0.5) is 4.39 Å². The number of nitrogens with one attached hydrogen (secondary N) is 1. The molecule has 0 spiro atoms. The summed E-state index contributed by atoms with van der Waals surface area (Å²) in [4.78, 5) is 58.0. The van der Waals surface area contributed by atoms with Crippen LogP contribution in [-0.2, 0) is 41.6 Å². The number of rotatable bonds is 13. The maximum Gasteiger partial charge on any atom is 0.481 e. The van der Waals surface area contributed by atoms with Crippen LogP contribution in [0.25, 0.3) is 0 Å². The molecule has 5 N–H and O–H groups in total. The highest BCUT2D eigenvalue weighted by atomic mass is 31.3. The quantitative estimate of drug-likeness (QED) is 0.103. The van der Waals surface area contributed by atoms with Crippen molar-refractivity contribution < 1.29 is 66.0 Å². The first-order chi connectivity index (χ1) is 23.8. The lowest BCUT2D eigenvalue weighted by molar-refractivity contribution is -0.219. The Morgan fingerprint density at radius 3 is 2.55 bits per heavy atom. The van der Waals surface area contributed by atoms with Crippen LogP contribution in [0.2, 0.25) is 0 Å². The highest BCUT2D eigenvalue weighted by Gasteiger charge is 2.75. The van der Waals surface area contributed by atoms with E-state index in [0.29, 0.717) is 18.4 Å². The number of Topliss-reactive ketones (excluding diaryl/α,β-unsaturated/α-hetero) is 1. The minimum absolute atomic E-state index is 0.198. The zero-order chi connectivity index (χ0) is 37.5. The molecular weight excluding hydrogens is 711 g/mol. The molecule has 0 bridgehead atoms. The monoisotopic (exact) mass is 759 g/mol. The first kappa shape index (κ1) is 40.1. The van der Waals surface area contributed by atoms with Gasteiger partial charge in [0.2, 0.25) is 5.91 Å². The van der Waals surface area contributed by atoms with E-state index in [1.54, 1.807) is 20.8 Å². The predicted molar refractivity (Wildman–Crippen MR) is 179 cm³/mol. The Bertz CT molecular complexity index is 1630. The maximum atomic E-state index is 17.4. The number of alkyl halides is 1. The fourth-order valence-corrected chi connectivity index (χ4v) is 11.3. The number of carbonyl (C=O) groups excluding carboxylic acids is 3. The molecule has 284 valence electrons. The van der Waals surface area contributed by atoms with E-state index in [2.05, 4.69) is 26.0 Å². The van der Waals surface area contributed by atoms with Crippen LogP contribution < -0.4 is 5.32 Å². The lowest BCUT2D eigenvalue weighted by Crippen LogP contribution is -2.69. The smallest absolute Gasteiger partial charge is 0.390 e. The van der Waals surface area contributed by atoms with Crippen LogP contribution in [-0.4, -0.2) is 87.3 Å². The van der Waals surface area contributed by atoms with Crippen LogP contribution in [0.15, 0.2) is 23.8 Å². The number of halogens is 1. The van der Waals surface area contributed by atoms with Gasteiger partial charge in [0.1, 0.15) is 24.9 Å². The molecule has 5 rings (SSSR count). The van der Waals surface area contributed by atoms with Gasteiger partial charge in [-0.2, -0.15) is 4.31 Å². The fraction of sp³-hybridized carbons (Fsp3) is 0.735. The van der Waals surface area contributed by atoms with Crippen molar-refractivity contribution in [1.82, 2.24) is 5.32 Å². The third kappa shape index (κ3) is 7.65. The molecule has 11 unspecified atom stereocenters. The van der Waals surface area contributed by atoms with Crippen molar-refractivity contribution in [3.8, 4) is 11.8 Å². The normalized spacial score (nSPS) is 39.7. The van der Waals surface area contributed by atoms with Crippen molar-refractivity contribution in [2.45, 2.75) is 102 Å². The standard InChI is InChI=1S/C34H48FNO13P2/c1-22-17-27-26-12-11-23-18-24(37)13-14-31(23,2)33(26,35)28(38)19-32(27,3)34(22,41)29(39)20-48-51(44,45)49-50(42,43)47-16-15-36-30(40)21-46-25-9-7-5-4-6-8-10-25/h13-14,18,22,25-28,38,41H,4-7,9,11-12,15-17,19-21H2,1-3H3,(H,36,40)(H,42,43)(H,44,45). The highest BCUT2D eigenvalue weighted by Crippen LogP contribution is 2.71. The van der Waals surface area contributed by atoms with Gasteiger partial charge >= 0.3 is 15.6 Å². The summed E-state index contributed by atoms with van der Waals surface area (Å²) in [6.45, 7) is 2.44. The number of hydrogen-bond donors (Lipinski definition) is 5. The Morgan fingerprint density at radius 2 is 1.80 bits per heavy atom. The average molecular weight is 760 g/mol. The summed E-state index contributed by atoms with van der Waals surface area (Å²) < 4.78 is 61.6. The van der Waals surface area contributed by atoms with E-state index in [1.807, 2.05) is 0 Å². The number of hydrogen-bond acceptors (Lipinski definition) is 11. The molecular formula is C34H48FNO13P2. The molecule has 0 aromatic carbocycles. The van der Waals surface area contributed by atoms with E-state index in [-0.39, 0.29) is 44.3 Å². The molecule has 0 saturated heterocycles. The molecule has 14 nitrogen and oxygen atoms in total. The number of amides is 1. The van der Waals surface area contributed by atoms with E-state index >= 15 is 4.39 Å². The third-order valence-corrected chi connectivity index (χ3v) is 14.5. The number of aliphatic hydroxyl groups is 2. The van der Waals surface area contributed by atoms with Crippen molar-refractivity contribution in [3.05, 3.63) is 23.8 Å². The minimum atomic E-state index is -5.44. The van der Waals surface area contributed by atoms with E-state index in [4.69, 9.17) is 9.26 Å².